The largest absolute Gasteiger partial charge is 0.479 e. The van der Waals surface area contributed by atoms with Gasteiger partial charge in [0.2, 0.25) is 0 Å². The van der Waals surface area contributed by atoms with Crippen molar-refractivity contribution in [3.8, 4) is 0 Å². The van der Waals surface area contributed by atoms with Crippen LogP contribution in [-0.4, -0.2) is 39.6 Å². The summed E-state index contributed by atoms with van der Waals surface area (Å²) in [6.07, 6.45) is 2.66. The second-order valence-electron chi connectivity index (χ2n) is 4.27. The molecule has 0 aliphatic carbocycles. The molecule has 2 unspecified atom stereocenters. The predicted molar refractivity (Wildman–Crippen MR) is 60.4 cm³/mol. The van der Waals surface area contributed by atoms with E-state index in [-0.39, 0.29) is 6.10 Å². The monoisotopic (exact) mass is 239 g/mol. The molecule has 0 radical (unpaired) electrons. The van der Waals surface area contributed by atoms with Gasteiger partial charge in [0.25, 0.3) is 0 Å². The number of carboxylic acids is 1. The van der Waals surface area contributed by atoms with Crippen LogP contribution in [0.25, 0.3) is 0 Å². The molecule has 2 rings (SSSR count). The van der Waals surface area contributed by atoms with E-state index in [4.69, 9.17) is 9.84 Å². The Morgan fingerprint density at radius 2 is 2.53 bits per heavy atom. The van der Waals surface area contributed by atoms with Crippen molar-refractivity contribution in [2.45, 2.75) is 31.6 Å². The Kier molecular flexibility index (Phi) is 3.75. The maximum absolute atomic E-state index is 10.7. The van der Waals surface area contributed by atoms with Gasteiger partial charge in [0, 0.05) is 26.3 Å². The maximum atomic E-state index is 10.7. The Labute approximate surface area is 99.6 Å². The quantitative estimate of drug-likeness (QED) is 0.764. The van der Waals surface area contributed by atoms with Crippen LogP contribution < -0.4 is 5.32 Å². The predicted octanol–water partition coefficient (Wildman–Crippen LogP) is 0.142. The van der Waals surface area contributed by atoms with Gasteiger partial charge >= 0.3 is 5.97 Å². The SMILES string of the molecule is Cn1ccc(CNCC2CCC(C(=O)O)O2)n1. The molecule has 94 valence electrons. The molecule has 1 aromatic rings. The third kappa shape index (κ3) is 3.28. The molecule has 0 aromatic carbocycles. The summed E-state index contributed by atoms with van der Waals surface area (Å²) in [5, 5.41) is 16.2. The zero-order valence-electron chi connectivity index (χ0n) is 9.80. The van der Waals surface area contributed by atoms with Gasteiger partial charge in [0.1, 0.15) is 0 Å². The van der Waals surface area contributed by atoms with Gasteiger partial charge in [-0.25, -0.2) is 4.79 Å². The van der Waals surface area contributed by atoms with Crippen molar-refractivity contribution in [3.05, 3.63) is 18.0 Å². The molecule has 2 N–H and O–H groups in total. The molecule has 0 bridgehead atoms. The number of nitrogens with one attached hydrogen (secondary N) is 1. The fraction of sp³-hybridized carbons (Fsp3) is 0.636. The van der Waals surface area contributed by atoms with E-state index in [1.807, 2.05) is 19.3 Å². The number of carbonyl (C=O) groups is 1. The molecule has 1 aromatic heterocycles. The highest BCUT2D eigenvalue weighted by atomic mass is 16.5. The fourth-order valence-electron chi connectivity index (χ4n) is 1.96. The fourth-order valence-corrected chi connectivity index (χ4v) is 1.96. The van der Waals surface area contributed by atoms with Crippen LogP contribution in [0.15, 0.2) is 12.3 Å². The standard InChI is InChI=1S/C11H17N3O3/c1-14-5-4-8(13-14)6-12-7-9-2-3-10(17-9)11(15)16/h4-5,9-10,12H,2-3,6-7H2,1H3,(H,15,16). The first-order chi connectivity index (χ1) is 8.15. The summed E-state index contributed by atoms with van der Waals surface area (Å²) >= 11 is 0. The molecule has 0 saturated carbocycles. The molecule has 6 nitrogen and oxygen atoms in total. The number of carboxylic acid groups (broad SMARTS) is 1. The van der Waals surface area contributed by atoms with Gasteiger partial charge in [-0.05, 0) is 18.9 Å². The highest BCUT2D eigenvalue weighted by Crippen LogP contribution is 2.19. The molecule has 2 heterocycles. The minimum Gasteiger partial charge on any atom is -0.479 e. The van der Waals surface area contributed by atoms with E-state index >= 15 is 0 Å². The van der Waals surface area contributed by atoms with E-state index in [9.17, 15) is 4.79 Å². The summed E-state index contributed by atoms with van der Waals surface area (Å²) in [6, 6.07) is 1.95. The van der Waals surface area contributed by atoms with Crippen molar-refractivity contribution in [3.63, 3.8) is 0 Å². The first-order valence-corrected chi connectivity index (χ1v) is 5.72. The first kappa shape index (κ1) is 12.1. The molecule has 0 amide bonds. The number of hydrogen-bond donors (Lipinski definition) is 2. The maximum Gasteiger partial charge on any atom is 0.332 e. The summed E-state index contributed by atoms with van der Waals surface area (Å²) in [5.41, 5.74) is 0.972. The number of hydrogen-bond acceptors (Lipinski definition) is 4. The third-order valence-corrected chi connectivity index (χ3v) is 2.83. The van der Waals surface area contributed by atoms with Crippen LogP contribution in [0.2, 0.25) is 0 Å². The van der Waals surface area contributed by atoms with Crippen LogP contribution in [0.3, 0.4) is 0 Å². The topological polar surface area (TPSA) is 76.4 Å². The summed E-state index contributed by atoms with van der Waals surface area (Å²) in [6.45, 7) is 1.35. The lowest BCUT2D eigenvalue weighted by Crippen LogP contribution is -2.28. The minimum atomic E-state index is -0.864. The number of rotatable bonds is 5. The Hall–Kier alpha value is -1.40. The van der Waals surface area contributed by atoms with Crippen LogP contribution in [0.4, 0.5) is 0 Å². The van der Waals surface area contributed by atoms with Gasteiger partial charge < -0.3 is 15.2 Å². The van der Waals surface area contributed by atoms with Crippen molar-refractivity contribution >= 4 is 5.97 Å². The van der Waals surface area contributed by atoms with Gasteiger partial charge in [0.05, 0.1) is 11.8 Å². The number of ether oxygens (including phenoxy) is 1. The smallest absolute Gasteiger partial charge is 0.332 e. The van der Waals surface area contributed by atoms with Crippen LogP contribution in [0.5, 0.6) is 0 Å². The summed E-state index contributed by atoms with van der Waals surface area (Å²) in [5.74, 6) is -0.864. The van der Waals surface area contributed by atoms with Crippen LogP contribution >= 0.6 is 0 Å². The number of nitrogens with zero attached hydrogens (tertiary/aromatic N) is 2. The number of aromatic nitrogens is 2. The van der Waals surface area contributed by atoms with Crippen molar-refractivity contribution in [2.75, 3.05) is 6.54 Å². The van der Waals surface area contributed by atoms with Crippen molar-refractivity contribution in [1.29, 1.82) is 0 Å². The van der Waals surface area contributed by atoms with Crippen LogP contribution in [-0.2, 0) is 23.1 Å². The Morgan fingerprint density at radius 1 is 1.71 bits per heavy atom. The summed E-state index contributed by atoms with van der Waals surface area (Å²) < 4.78 is 7.13. The van der Waals surface area contributed by atoms with Crippen molar-refractivity contribution in [2.24, 2.45) is 7.05 Å². The molecule has 2 atom stereocenters. The van der Waals surface area contributed by atoms with Crippen LogP contribution in [0.1, 0.15) is 18.5 Å². The molecule has 1 aliphatic heterocycles. The Morgan fingerprint density at radius 3 is 3.12 bits per heavy atom. The van der Waals surface area contributed by atoms with E-state index < -0.39 is 12.1 Å². The van der Waals surface area contributed by atoms with E-state index in [1.54, 1.807) is 4.68 Å². The molecular weight excluding hydrogens is 222 g/mol. The molecule has 6 heteroatoms. The highest BCUT2D eigenvalue weighted by molar-refractivity contribution is 5.72. The van der Waals surface area contributed by atoms with Gasteiger partial charge in [-0.2, -0.15) is 5.10 Å². The molecule has 0 spiro atoms. The average molecular weight is 239 g/mol. The highest BCUT2D eigenvalue weighted by Gasteiger charge is 2.29. The van der Waals surface area contributed by atoms with E-state index in [0.717, 1.165) is 12.1 Å². The zero-order chi connectivity index (χ0) is 12.3. The lowest BCUT2D eigenvalue weighted by Gasteiger charge is -2.11. The lowest BCUT2D eigenvalue weighted by molar-refractivity contribution is -0.149. The van der Waals surface area contributed by atoms with E-state index in [1.165, 1.54) is 0 Å². The number of aryl methyl sites for hydroxylation is 1. The van der Waals surface area contributed by atoms with Gasteiger partial charge in [-0.1, -0.05) is 0 Å². The lowest BCUT2D eigenvalue weighted by atomic mass is 10.2. The third-order valence-electron chi connectivity index (χ3n) is 2.83. The van der Waals surface area contributed by atoms with E-state index in [2.05, 4.69) is 10.4 Å². The van der Waals surface area contributed by atoms with Gasteiger partial charge in [-0.15, -0.1) is 0 Å². The molecule has 1 fully saturated rings. The second-order valence-corrected chi connectivity index (χ2v) is 4.27. The molecule has 1 aliphatic rings. The molecule has 17 heavy (non-hydrogen) atoms. The van der Waals surface area contributed by atoms with Gasteiger partial charge in [-0.3, -0.25) is 4.68 Å². The second kappa shape index (κ2) is 5.29. The summed E-state index contributed by atoms with van der Waals surface area (Å²) in [7, 11) is 1.88. The van der Waals surface area contributed by atoms with E-state index in [0.29, 0.717) is 19.5 Å². The number of aliphatic carboxylic acids is 1. The first-order valence-electron chi connectivity index (χ1n) is 5.72. The Balaban J connectivity index is 1.68. The zero-order valence-corrected chi connectivity index (χ0v) is 9.80. The van der Waals surface area contributed by atoms with Crippen molar-refractivity contribution in [1.82, 2.24) is 15.1 Å². The summed E-state index contributed by atoms with van der Waals surface area (Å²) in [4.78, 5) is 10.7. The molecule has 1 saturated heterocycles. The molecular formula is C11H17N3O3. The minimum absolute atomic E-state index is 0.000174. The van der Waals surface area contributed by atoms with Gasteiger partial charge in [0.15, 0.2) is 6.10 Å². The van der Waals surface area contributed by atoms with Crippen molar-refractivity contribution < 1.29 is 14.6 Å². The van der Waals surface area contributed by atoms with Crippen LogP contribution in [0, 0.1) is 0 Å². The average Bonchev–Trinajstić information content (AvgIpc) is 2.88. The normalized spacial score (nSPS) is 24.1. The Bertz CT molecular complexity index is 391.